The van der Waals surface area contributed by atoms with Crippen LogP contribution in [0.3, 0.4) is 0 Å². The van der Waals surface area contributed by atoms with E-state index in [9.17, 15) is 4.79 Å². The molecule has 22 heavy (non-hydrogen) atoms. The van der Waals surface area contributed by atoms with Gasteiger partial charge in [0.05, 0.1) is 0 Å². The van der Waals surface area contributed by atoms with Gasteiger partial charge in [-0.05, 0) is 58.9 Å². The van der Waals surface area contributed by atoms with Crippen LogP contribution in [0.4, 0.5) is 0 Å². The highest BCUT2D eigenvalue weighted by atomic mass is 28.4. The fourth-order valence-corrected chi connectivity index (χ4v) is 4.43. The minimum atomic E-state index is -2.05. The lowest BCUT2D eigenvalue weighted by Crippen LogP contribution is -2.56. The summed E-state index contributed by atoms with van der Waals surface area (Å²) < 4.78 is 23.7. The van der Waals surface area contributed by atoms with Crippen LogP contribution in [-0.2, 0) is 22.8 Å². The average Bonchev–Trinajstić information content (AvgIpc) is 2.20. The largest absolute Gasteiger partial charge is 0.408 e. The second-order valence-electron chi connectivity index (χ2n) is 8.14. The van der Waals surface area contributed by atoms with E-state index in [1.807, 2.05) is 39.3 Å². The lowest BCUT2D eigenvalue weighted by atomic mass is 10.6. The number of rotatable bonds is 9. The van der Waals surface area contributed by atoms with E-state index in [1.54, 1.807) is 0 Å². The molecule has 0 aromatic carbocycles. The molecular formula is C14H32O5Si3. The molecule has 0 fully saturated rings. The predicted molar refractivity (Wildman–Crippen MR) is 97.2 cm³/mol. The molecule has 0 heterocycles. The third-order valence-corrected chi connectivity index (χ3v) is 4.89. The third-order valence-electron chi connectivity index (χ3n) is 2.03. The van der Waals surface area contributed by atoms with Gasteiger partial charge in [-0.2, -0.15) is 0 Å². The quantitative estimate of drug-likeness (QED) is 0.268. The van der Waals surface area contributed by atoms with E-state index in [0.717, 1.165) is 6.08 Å². The maximum absolute atomic E-state index is 11.8. The normalized spacial score (nSPS) is 13.9. The molecule has 0 N–H and O–H groups in total. The van der Waals surface area contributed by atoms with E-state index < -0.39 is 36.9 Å². The molecule has 0 aliphatic rings. The fraction of sp³-hybridized carbons (Fsp3) is 0.786. The van der Waals surface area contributed by atoms with Gasteiger partial charge in [0.15, 0.2) is 25.0 Å². The third kappa shape index (κ3) is 10.5. The van der Waals surface area contributed by atoms with Crippen LogP contribution in [-0.4, -0.2) is 43.5 Å². The van der Waals surface area contributed by atoms with Gasteiger partial charge in [-0.15, -0.1) is 0 Å². The molecule has 0 saturated carbocycles. The van der Waals surface area contributed by atoms with Gasteiger partial charge < -0.3 is 18.0 Å². The van der Waals surface area contributed by atoms with Crippen molar-refractivity contribution in [3.8, 4) is 0 Å². The Bertz CT molecular complexity index is 375. The van der Waals surface area contributed by atoms with Crippen molar-refractivity contribution in [3.05, 3.63) is 12.7 Å². The first kappa shape index (κ1) is 21.7. The Morgan fingerprint density at radius 2 is 1.32 bits per heavy atom. The Hall–Kier alpha value is -0.259. The molecule has 0 spiro atoms. The molecule has 130 valence electrons. The Morgan fingerprint density at radius 1 is 0.909 bits per heavy atom. The van der Waals surface area contributed by atoms with Gasteiger partial charge in [-0.25, -0.2) is 4.79 Å². The van der Waals surface area contributed by atoms with E-state index in [4.69, 9.17) is 18.0 Å². The average molecular weight is 365 g/mol. The van der Waals surface area contributed by atoms with Gasteiger partial charge in [-0.3, -0.25) is 0 Å². The molecule has 0 rings (SSSR count). The summed E-state index contributed by atoms with van der Waals surface area (Å²) >= 11 is 0. The number of esters is 1. The van der Waals surface area contributed by atoms with Crippen molar-refractivity contribution in [2.75, 3.05) is 6.61 Å². The van der Waals surface area contributed by atoms with Crippen molar-refractivity contribution < 1.29 is 22.8 Å². The first-order valence-corrected chi connectivity index (χ1v) is 17.7. The predicted octanol–water partition coefficient (Wildman–Crippen LogP) is 3.92. The molecule has 0 saturated heterocycles. The highest BCUT2D eigenvalue weighted by Crippen LogP contribution is 2.28. The molecule has 0 unspecified atom stereocenters. The summed E-state index contributed by atoms with van der Waals surface area (Å²) in [4.78, 5) is 11.8. The number of carbonyl (C=O) groups excluding carboxylic acids is 1. The zero-order valence-electron chi connectivity index (χ0n) is 15.5. The molecule has 0 radical (unpaired) electrons. The van der Waals surface area contributed by atoms with Crippen LogP contribution in [0.2, 0.25) is 58.9 Å². The van der Waals surface area contributed by atoms with Crippen LogP contribution in [0.15, 0.2) is 12.7 Å². The van der Waals surface area contributed by atoms with Gasteiger partial charge in [-0.1, -0.05) is 6.58 Å². The topological polar surface area (TPSA) is 54.0 Å². The second-order valence-corrected chi connectivity index (χ2v) is 21.5. The standard InChI is InChI=1S/C14H32O5Si3/c1-11-13(15)17-14(18-21(5,6)7,19-22(8,9)10)12-16-20(2,3)4/h11H,1,12H2,2-10H3. The monoisotopic (exact) mass is 364 g/mol. The molecule has 0 aromatic heterocycles. The molecule has 0 amide bonds. The maximum Gasteiger partial charge on any atom is 0.334 e. The first-order valence-electron chi connectivity index (χ1n) is 7.47. The zero-order valence-corrected chi connectivity index (χ0v) is 18.5. The van der Waals surface area contributed by atoms with E-state index in [2.05, 4.69) is 26.2 Å². The zero-order chi connectivity index (χ0) is 17.8. The maximum atomic E-state index is 11.8. The molecule has 0 atom stereocenters. The van der Waals surface area contributed by atoms with E-state index >= 15 is 0 Å². The van der Waals surface area contributed by atoms with Crippen LogP contribution in [0, 0.1) is 0 Å². The Kier molecular flexibility index (Phi) is 7.45. The summed E-state index contributed by atoms with van der Waals surface area (Å²) in [6.07, 6.45) is 1.12. The van der Waals surface area contributed by atoms with Crippen LogP contribution >= 0.6 is 0 Å². The summed E-state index contributed by atoms with van der Waals surface area (Å²) in [6.45, 7) is 21.8. The van der Waals surface area contributed by atoms with Gasteiger partial charge in [0.1, 0.15) is 6.61 Å². The minimum Gasteiger partial charge on any atom is -0.408 e. The van der Waals surface area contributed by atoms with Crippen molar-refractivity contribution in [1.29, 1.82) is 0 Å². The smallest absolute Gasteiger partial charge is 0.334 e. The van der Waals surface area contributed by atoms with Crippen LogP contribution in [0.5, 0.6) is 0 Å². The number of hydrogen-bond donors (Lipinski definition) is 0. The van der Waals surface area contributed by atoms with Crippen molar-refractivity contribution >= 4 is 30.9 Å². The summed E-state index contributed by atoms with van der Waals surface area (Å²) in [6, 6.07) is 0. The number of ether oxygens (including phenoxy) is 1. The lowest BCUT2D eigenvalue weighted by Gasteiger charge is -2.41. The van der Waals surface area contributed by atoms with Gasteiger partial charge in [0.25, 0.3) is 0 Å². The summed E-state index contributed by atoms with van der Waals surface area (Å²) in [7, 11) is -5.92. The molecule has 8 heteroatoms. The van der Waals surface area contributed by atoms with E-state index in [1.165, 1.54) is 0 Å². The Morgan fingerprint density at radius 3 is 1.59 bits per heavy atom. The number of hydrogen-bond acceptors (Lipinski definition) is 5. The number of carbonyl (C=O) groups is 1. The second kappa shape index (κ2) is 7.54. The van der Waals surface area contributed by atoms with Gasteiger partial charge in [0, 0.05) is 6.08 Å². The molecule has 0 aliphatic heterocycles. The van der Waals surface area contributed by atoms with Gasteiger partial charge >= 0.3 is 11.9 Å². The van der Waals surface area contributed by atoms with E-state index in [-0.39, 0.29) is 6.61 Å². The van der Waals surface area contributed by atoms with E-state index in [0.29, 0.717) is 0 Å². The van der Waals surface area contributed by atoms with Crippen LogP contribution < -0.4 is 0 Å². The van der Waals surface area contributed by atoms with Gasteiger partial charge in [0.2, 0.25) is 0 Å². The Balaban J connectivity index is 5.57. The first-order chi connectivity index (χ1) is 9.58. The van der Waals surface area contributed by atoms with Crippen molar-refractivity contribution in [2.45, 2.75) is 64.9 Å². The lowest BCUT2D eigenvalue weighted by molar-refractivity contribution is -0.304. The highest BCUT2D eigenvalue weighted by Gasteiger charge is 2.45. The highest BCUT2D eigenvalue weighted by molar-refractivity contribution is 6.71. The van der Waals surface area contributed by atoms with Crippen LogP contribution in [0.1, 0.15) is 0 Å². The molecular weight excluding hydrogens is 332 g/mol. The molecule has 0 bridgehead atoms. The summed E-state index contributed by atoms with van der Waals surface area (Å²) in [5.74, 6) is -2.06. The van der Waals surface area contributed by atoms with Crippen molar-refractivity contribution in [1.82, 2.24) is 0 Å². The van der Waals surface area contributed by atoms with Crippen molar-refractivity contribution in [3.63, 3.8) is 0 Å². The Labute approximate surface area is 138 Å². The van der Waals surface area contributed by atoms with Crippen molar-refractivity contribution in [2.24, 2.45) is 0 Å². The fourth-order valence-electron chi connectivity index (χ4n) is 1.58. The summed E-state index contributed by atoms with van der Waals surface area (Å²) in [5.41, 5.74) is 0. The molecule has 0 aliphatic carbocycles. The molecule has 5 nitrogen and oxygen atoms in total. The molecule has 0 aromatic rings. The van der Waals surface area contributed by atoms with Crippen LogP contribution in [0.25, 0.3) is 0 Å². The SMILES string of the molecule is C=CC(=O)OC(CO[Si](C)(C)C)(O[Si](C)(C)C)O[Si](C)(C)C. The minimum absolute atomic E-state index is 0.0802. The summed E-state index contributed by atoms with van der Waals surface area (Å²) in [5, 5.41) is 0.